The van der Waals surface area contributed by atoms with Crippen LogP contribution in [0.15, 0.2) is 23.6 Å². The molecule has 1 aliphatic carbocycles. The lowest BCUT2D eigenvalue weighted by Crippen LogP contribution is -2.10. The molecule has 3 rings (SSSR count). The number of aromatic nitrogens is 1. The third kappa shape index (κ3) is 1.91. The van der Waals surface area contributed by atoms with Gasteiger partial charge in [0.15, 0.2) is 5.01 Å². The zero-order valence-corrected chi connectivity index (χ0v) is 11.1. The first-order valence-corrected chi connectivity index (χ1v) is 6.94. The monoisotopic (exact) mass is 278 g/mol. The number of hydrogen-bond acceptors (Lipinski definition) is 3. The maximum Gasteiger partial charge on any atom is 0.277 e. The molecule has 2 N–H and O–H groups in total. The number of amides is 1. The van der Waals surface area contributed by atoms with Gasteiger partial charge in [0.05, 0.1) is 5.69 Å². The summed E-state index contributed by atoms with van der Waals surface area (Å²) in [6.45, 7) is 0. The Morgan fingerprint density at radius 3 is 3.06 bits per heavy atom. The van der Waals surface area contributed by atoms with Crippen LogP contribution in [0.2, 0.25) is 5.02 Å². The minimum atomic E-state index is -0.462. The van der Waals surface area contributed by atoms with E-state index in [0.29, 0.717) is 5.01 Å². The highest BCUT2D eigenvalue weighted by Crippen LogP contribution is 2.39. The molecule has 0 saturated heterocycles. The largest absolute Gasteiger partial charge is 0.364 e. The van der Waals surface area contributed by atoms with E-state index < -0.39 is 5.91 Å². The lowest BCUT2D eigenvalue weighted by molar-refractivity contribution is 0.0999. The van der Waals surface area contributed by atoms with Crippen molar-refractivity contribution in [3.8, 4) is 0 Å². The van der Waals surface area contributed by atoms with Gasteiger partial charge < -0.3 is 5.73 Å². The second-order valence-corrected chi connectivity index (χ2v) is 5.67. The molecular weight excluding hydrogens is 268 g/mol. The molecular formula is C13H11ClN2OS. The molecule has 1 aromatic carbocycles. The van der Waals surface area contributed by atoms with Crippen LogP contribution in [-0.4, -0.2) is 10.9 Å². The van der Waals surface area contributed by atoms with Gasteiger partial charge >= 0.3 is 0 Å². The zero-order valence-electron chi connectivity index (χ0n) is 9.52. The molecule has 2 aromatic rings. The number of benzene rings is 1. The fraction of sp³-hybridized carbons (Fsp3) is 0.231. The van der Waals surface area contributed by atoms with Crippen LogP contribution < -0.4 is 5.73 Å². The Morgan fingerprint density at radius 2 is 2.33 bits per heavy atom. The van der Waals surface area contributed by atoms with E-state index in [2.05, 4.69) is 11.1 Å². The molecule has 1 aromatic heterocycles. The maximum absolute atomic E-state index is 11.1. The molecule has 1 heterocycles. The molecule has 0 radical (unpaired) electrons. The van der Waals surface area contributed by atoms with E-state index in [9.17, 15) is 4.79 Å². The second kappa shape index (κ2) is 4.37. The SMILES string of the molecule is NC(=O)c1nc([C@@H]2CCc3ccc(Cl)cc32)cs1. The van der Waals surface area contributed by atoms with Crippen LogP contribution in [0.3, 0.4) is 0 Å². The molecule has 0 aliphatic heterocycles. The van der Waals surface area contributed by atoms with E-state index in [1.807, 2.05) is 17.5 Å². The number of carbonyl (C=O) groups is 1. The van der Waals surface area contributed by atoms with Gasteiger partial charge in [0, 0.05) is 16.3 Å². The highest BCUT2D eigenvalue weighted by Gasteiger charge is 2.26. The first-order chi connectivity index (χ1) is 8.65. The third-order valence-electron chi connectivity index (χ3n) is 3.28. The highest BCUT2D eigenvalue weighted by atomic mass is 35.5. The molecule has 5 heteroatoms. The van der Waals surface area contributed by atoms with E-state index in [1.54, 1.807) is 0 Å². The van der Waals surface area contributed by atoms with Gasteiger partial charge in [-0.25, -0.2) is 4.98 Å². The summed E-state index contributed by atoms with van der Waals surface area (Å²) < 4.78 is 0. The Morgan fingerprint density at radius 1 is 1.50 bits per heavy atom. The highest BCUT2D eigenvalue weighted by molar-refractivity contribution is 7.11. The molecule has 0 fully saturated rings. The number of hydrogen-bond donors (Lipinski definition) is 1. The quantitative estimate of drug-likeness (QED) is 0.918. The number of rotatable bonds is 2. The topological polar surface area (TPSA) is 56.0 Å². The van der Waals surface area contributed by atoms with Gasteiger partial charge in [-0.1, -0.05) is 17.7 Å². The van der Waals surface area contributed by atoms with Crippen LogP contribution in [0.25, 0.3) is 0 Å². The molecule has 0 saturated carbocycles. The fourth-order valence-corrected chi connectivity index (χ4v) is 3.34. The third-order valence-corrected chi connectivity index (χ3v) is 4.39. The van der Waals surface area contributed by atoms with Crippen molar-refractivity contribution in [1.82, 2.24) is 4.98 Å². The van der Waals surface area contributed by atoms with Crippen LogP contribution >= 0.6 is 22.9 Å². The Bertz CT molecular complexity index is 623. The van der Waals surface area contributed by atoms with Crippen molar-refractivity contribution in [2.75, 3.05) is 0 Å². The van der Waals surface area contributed by atoms with Gasteiger partial charge in [0.25, 0.3) is 5.91 Å². The van der Waals surface area contributed by atoms with E-state index in [-0.39, 0.29) is 5.92 Å². The number of halogens is 1. The van der Waals surface area contributed by atoms with Crippen LogP contribution in [0.5, 0.6) is 0 Å². The molecule has 92 valence electrons. The maximum atomic E-state index is 11.1. The predicted octanol–water partition coefficient (Wildman–Crippen LogP) is 2.97. The van der Waals surface area contributed by atoms with E-state index in [0.717, 1.165) is 23.6 Å². The Labute approximate surface area is 114 Å². The summed E-state index contributed by atoms with van der Waals surface area (Å²) in [5.41, 5.74) is 8.70. The first-order valence-electron chi connectivity index (χ1n) is 5.68. The summed E-state index contributed by atoms with van der Waals surface area (Å²) in [6.07, 6.45) is 2.04. The number of primary amides is 1. The lowest BCUT2D eigenvalue weighted by atomic mass is 9.99. The number of carbonyl (C=O) groups excluding carboxylic acids is 1. The van der Waals surface area contributed by atoms with Gasteiger partial charge in [-0.2, -0.15) is 0 Å². The van der Waals surface area contributed by atoms with Crippen LogP contribution in [0.4, 0.5) is 0 Å². The average molecular weight is 279 g/mol. The number of nitrogens with two attached hydrogens (primary N) is 1. The first kappa shape index (κ1) is 11.7. The molecule has 1 amide bonds. The molecule has 0 bridgehead atoms. The van der Waals surface area contributed by atoms with Crippen molar-refractivity contribution < 1.29 is 4.79 Å². The van der Waals surface area contributed by atoms with Gasteiger partial charge in [-0.15, -0.1) is 11.3 Å². The standard InChI is InChI=1S/C13H11ClN2OS/c14-8-3-1-7-2-4-9(10(7)5-8)11-6-18-13(16-11)12(15)17/h1,3,5-6,9H,2,4H2,(H2,15,17)/t9-/m1/s1. The minimum Gasteiger partial charge on any atom is -0.364 e. The molecule has 0 unspecified atom stereocenters. The van der Waals surface area contributed by atoms with E-state index >= 15 is 0 Å². The summed E-state index contributed by atoms with van der Waals surface area (Å²) >= 11 is 7.34. The fourth-order valence-electron chi connectivity index (χ4n) is 2.44. The van der Waals surface area contributed by atoms with E-state index in [1.165, 1.54) is 22.5 Å². The van der Waals surface area contributed by atoms with E-state index in [4.69, 9.17) is 17.3 Å². The Kier molecular flexibility index (Phi) is 2.84. The molecule has 1 aliphatic rings. The van der Waals surface area contributed by atoms with Gasteiger partial charge in [0.1, 0.15) is 0 Å². The summed E-state index contributed by atoms with van der Waals surface area (Å²) in [5.74, 6) is -0.224. The number of aryl methyl sites for hydroxylation is 1. The van der Waals surface area contributed by atoms with Crippen LogP contribution in [0, 0.1) is 0 Å². The lowest BCUT2D eigenvalue weighted by Gasteiger charge is -2.08. The van der Waals surface area contributed by atoms with Crippen molar-refractivity contribution in [3.63, 3.8) is 0 Å². The summed E-state index contributed by atoms with van der Waals surface area (Å²) in [6, 6.07) is 5.98. The number of fused-ring (bicyclic) bond motifs is 1. The summed E-state index contributed by atoms with van der Waals surface area (Å²) in [7, 11) is 0. The van der Waals surface area contributed by atoms with Gasteiger partial charge in [-0.3, -0.25) is 4.79 Å². The Hall–Kier alpha value is -1.39. The van der Waals surface area contributed by atoms with Crippen molar-refractivity contribution >= 4 is 28.8 Å². The Balaban J connectivity index is 2.00. The number of thiazole rings is 1. The molecule has 3 nitrogen and oxygen atoms in total. The summed E-state index contributed by atoms with van der Waals surface area (Å²) in [4.78, 5) is 15.4. The zero-order chi connectivity index (χ0) is 12.7. The number of nitrogens with zero attached hydrogens (tertiary/aromatic N) is 1. The smallest absolute Gasteiger partial charge is 0.277 e. The predicted molar refractivity (Wildman–Crippen MR) is 72.2 cm³/mol. The van der Waals surface area contributed by atoms with Gasteiger partial charge in [-0.05, 0) is 36.1 Å². The van der Waals surface area contributed by atoms with Crippen LogP contribution in [-0.2, 0) is 6.42 Å². The molecule has 18 heavy (non-hydrogen) atoms. The minimum absolute atomic E-state index is 0.239. The van der Waals surface area contributed by atoms with Gasteiger partial charge in [0.2, 0.25) is 0 Å². The normalized spacial score (nSPS) is 17.7. The van der Waals surface area contributed by atoms with Crippen LogP contribution in [0.1, 0.15) is 39.0 Å². The van der Waals surface area contributed by atoms with Crippen molar-refractivity contribution in [2.45, 2.75) is 18.8 Å². The molecule has 1 atom stereocenters. The van der Waals surface area contributed by atoms with Crippen molar-refractivity contribution in [2.24, 2.45) is 5.73 Å². The average Bonchev–Trinajstić information content (AvgIpc) is 2.93. The van der Waals surface area contributed by atoms with Crippen molar-refractivity contribution in [1.29, 1.82) is 0 Å². The molecule has 0 spiro atoms. The van der Waals surface area contributed by atoms with Crippen molar-refractivity contribution in [3.05, 3.63) is 50.4 Å². The second-order valence-electron chi connectivity index (χ2n) is 4.38. The summed E-state index contributed by atoms with van der Waals surface area (Å²) in [5, 5.41) is 3.03.